The molecule has 0 fully saturated rings. The Kier molecular flexibility index (Phi) is 5.61. The van der Waals surface area contributed by atoms with Gasteiger partial charge in [-0.25, -0.2) is 0 Å². The van der Waals surface area contributed by atoms with Gasteiger partial charge in [-0.05, 0) is 86.8 Å². The summed E-state index contributed by atoms with van der Waals surface area (Å²) >= 11 is 0. The molecule has 54 heavy (non-hydrogen) atoms. The molecule has 8 aromatic rings. The molecular formula is C48H30B3N3. The van der Waals surface area contributed by atoms with Crippen molar-refractivity contribution >= 4 is 120 Å². The number of nitrogens with zero attached hydrogens (tertiary/aromatic N) is 3. The van der Waals surface area contributed by atoms with Gasteiger partial charge in [0.05, 0.1) is 0 Å². The summed E-state index contributed by atoms with van der Waals surface area (Å²) in [6.45, 7) is 0.311. The maximum atomic E-state index is 2.61. The third kappa shape index (κ3) is 3.51. The largest absolute Gasteiger partial charge is 0.312 e. The van der Waals surface area contributed by atoms with E-state index in [1.807, 2.05) is 0 Å². The molecule has 0 radical (unpaired) electrons. The molecule has 0 aromatic heterocycles. The molecule has 0 bridgehead atoms. The van der Waals surface area contributed by atoms with Gasteiger partial charge in [-0.3, -0.25) is 0 Å². The normalized spacial score (nSPS) is 14.4. The fourth-order valence-electron chi connectivity index (χ4n) is 10.8. The van der Waals surface area contributed by atoms with Crippen molar-refractivity contribution in [1.29, 1.82) is 0 Å². The van der Waals surface area contributed by atoms with Crippen molar-refractivity contribution in [3.63, 3.8) is 0 Å². The second-order valence-electron chi connectivity index (χ2n) is 15.2. The maximum Gasteiger partial charge on any atom is 0.257 e. The summed E-state index contributed by atoms with van der Waals surface area (Å²) in [5, 5.41) is 0. The second-order valence-corrected chi connectivity index (χ2v) is 15.2. The van der Waals surface area contributed by atoms with E-state index < -0.39 is 0 Å². The van der Waals surface area contributed by atoms with Crippen LogP contribution >= 0.6 is 0 Å². The lowest BCUT2D eigenvalue weighted by Crippen LogP contribution is -2.71. The molecule has 246 valence electrons. The third-order valence-corrected chi connectivity index (χ3v) is 12.7. The van der Waals surface area contributed by atoms with Crippen LogP contribution in [0.3, 0.4) is 0 Å². The molecule has 5 aliphatic rings. The first-order valence-electron chi connectivity index (χ1n) is 19.1. The Labute approximate surface area is 316 Å². The second kappa shape index (κ2) is 10.5. The number of hydrogen-bond donors (Lipinski definition) is 0. The molecule has 13 rings (SSSR count). The summed E-state index contributed by atoms with van der Waals surface area (Å²) in [5.41, 5.74) is 23.7. The van der Waals surface area contributed by atoms with Crippen LogP contribution in [0.4, 0.5) is 51.2 Å². The first kappa shape index (κ1) is 28.9. The highest BCUT2D eigenvalue weighted by atomic mass is 15.2. The van der Waals surface area contributed by atoms with Gasteiger partial charge in [0.15, 0.2) is 0 Å². The van der Waals surface area contributed by atoms with E-state index in [4.69, 9.17) is 0 Å². The number of anilines is 9. The minimum atomic E-state index is 0.0712. The maximum absolute atomic E-state index is 2.61. The smallest absolute Gasteiger partial charge is 0.257 e. The van der Waals surface area contributed by atoms with Gasteiger partial charge < -0.3 is 14.7 Å². The molecule has 3 nitrogen and oxygen atoms in total. The van der Waals surface area contributed by atoms with E-state index in [0.717, 1.165) is 0 Å². The molecule has 0 amide bonds. The monoisotopic (exact) mass is 681 g/mol. The highest BCUT2D eigenvalue weighted by Gasteiger charge is 2.54. The highest BCUT2D eigenvalue weighted by molar-refractivity contribution is 7.06. The van der Waals surface area contributed by atoms with Crippen LogP contribution in [-0.4, -0.2) is 20.1 Å². The van der Waals surface area contributed by atoms with E-state index in [2.05, 4.69) is 197 Å². The number of hydrogen-bond acceptors (Lipinski definition) is 3. The van der Waals surface area contributed by atoms with Crippen LogP contribution in [0.15, 0.2) is 182 Å². The predicted octanol–water partition coefficient (Wildman–Crippen LogP) is 5.21. The molecule has 0 aliphatic carbocycles. The molecule has 0 N–H and O–H groups in total. The van der Waals surface area contributed by atoms with Crippen LogP contribution in [0.2, 0.25) is 0 Å². The minimum Gasteiger partial charge on any atom is -0.312 e. The number of rotatable bonds is 3. The Hall–Kier alpha value is -6.65. The lowest BCUT2D eigenvalue weighted by Gasteiger charge is -2.53. The van der Waals surface area contributed by atoms with E-state index in [1.165, 1.54) is 100 Å². The van der Waals surface area contributed by atoms with Gasteiger partial charge in [0.1, 0.15) is 0 Å². The first-order valence-corrected chi connectivity index (χ1v) is 19.1. The van der Waals surface area contributed by atoms with E-state index in [9.17, 15) is 0 Å². The molecule has 0 spiro atoms. The SMILES string of the molecule is c1ccc(B2c3ccccc3N3c4cccc5c4B4c6c(ccc2c63)N(c2ccccc2)c2ccc3c(c24)N5c2ccccc2B3c2ccccc2)cc1. The summed E-state index contributed by atoms with van der Waals surface area (Å²) in [4.78, 5) is 7.78. The topological polar surface area (TPSA) is 9.72 Å². The predicted molar refractivity (Wildman–Crippen MR) is 231 cm³/mol. The molecular weight excluding hydrogens is 651 g/mol. The van der Waals surface area contributed by atoms with Crippen molar-refractivity contribution in [2.75, 3.05) is 14.7 Å². The number of benzene rings is 8. The quantitative estimate of drug-likeness (QED) is 0.238. The van der Waals surface area contributed by atoms with Crippen molar-refractivity contribution < 1.29 is 0 Å². The Morgan fingerprint density at radius 3 is 1.17 bits per heavy atom. The van der Waals surface area contributed by atoms with Gasteiger partial charge >= 0.3 is 0 Å². The third-order valence-electron chi connectivity index (χ3n) is 12.7. The van der Waals surface area contributed by atoms with E-state index in [0.29, 0.717) is 0 Å². The van der Waals surface area contributed by atoms with Crippen molar-refractivity contribution in [2.45, 2.75) is 0 Å². The fraction of sp³-hybridized carbons (Fsp3) is 0. The number of para-hydroxylation sites is 3. The first-order chi connectivity index (χ1) is 26.9. The summed E-state index contributed by atoms with van der Waals surface area (Å²) < 4.78 is 0. The van der Waals surface area contributed by atoms with E-state index >= 15 is 0 Å². The minimum absolute atomic E-state index is 0.0712. The van der Waals surface area contributed by atoms with Crippen LogP contribution < -0.4 is 63.9 Å². The van der Waals surface area contributed by atoms with Crippen molar-refractivity contribution in [1.82, 2.24) is 0 Å². The Bertz CT molecular complexity index is 2710. The zero-order chi connectivity index (χ0) is 35.1. The average molecular weight is 681 g/mol. The Balaban J connectivity index is 1.20. The Morgan fingerprint density at radius 2 is 0.667 bits per heavy atom. The summed E-state index contributed by atoms with van der Waals surface area (Å²) in [6.07, 6.45) is 0. The highest BCUT2D eigenvalue weighted by Crippen LogP contribution is 2.50. The molecule has 5 aliphatic heterocycles. The van der Waals surface area contributed by atoms with Gasteiger partial charge in [0.2, 0.25) is 13.4 Å². The molecule has 0 atom stereocenters. The van der Waals surface area contributed by atoms with Crippen LogP contribution in [0.5, 0.6) is 0 Å². The van der Waals surface area contributed by atoms with Crippen LogP contribution in [0.25, 0.3) is 0 Å². The van der Waals surface area contributed by atoms with Crippen molar-refractivity contribution in [2.24, 2.45) is 0 Å². The van der Waals surface area contributed by atoms with Crippen LogP contribution in [0, 0.1) is 0 Å². The van der Waals surface area contributed by atoms with Gasteiger partial charge in [0, 0.05) is 51.2 Å². The van der Waals surface area contributed by atoms with Gasteiger partial charge in [-0.1, -0.05) is 144 Å². The molecule has 0 unspecified atom stereocenters. The van der Waals surface area contributed by atoms with E-state index in [-0.39, 0.29) is 20.1 Å². The summed E-state index contributed by atoms with van der Waals surface area (Å²) in [7, 11) is 0. The molecule has 5 heterocycles. The number of fused-ring (bicyclic) bond motifs is 6. The van der Waals surface area contributed by atoms with Gasteiger partial charge in [0.25, 0.3) is 6.71 Å². The van der Waals surface area contributed by atoms with Crippen molar-refractivity contribution in [3.05, 3.63) is 182 Å². The molecule has 8 aromatic carbocycles. The average Bonchev–Trinajstić information content (AvgIpc) is 3.24. The molecule has 6 heteroatoms. The summed E-state index contributed by atoms with van der Waals surface area (Å²) in [5.74, 6) is 0. The Morgan fingerprint density at radius 1 is 0.259 bits per heavy atom. The molecule has 0 saturated heterocycles. The lowest BCUT2D eigenvalue weighted by molar-refractivity contribution is 1.23. The molecule has 0 saturated carbocycles. The zero-order valence-corrected chi connectivity index (χ0v) is 29.4. The van der Waals surface area contributed by atoms with Crippen molar-refractivity contribution in [3.8, 4) is 0 Å². The standard InChI is InChI=1S/C48H30B3N3/c1-4-15-31(16-5-1)49-34-21-10-12-23-38(34)53-40-25-14-26-41-44(40)51-45-42(29-27-36(49)47(45)53)52(33-19-8-3-9-20-33)43-30-28-37-48(46(43)51)54(41)39-24-13-11-22-35(39)50(37)32-17-6-2-7-18-32/h1-30H. The van der Waals surface area contributed by atoms with E-state index in [1.54, 1.807) is 0 Å². The van der Waals surface area contributed by atoms with Gasteiger partial charge in [-0.2, -0.15) is 0 Å². The van der Waals surface area contributed by atoms with Gasteiger partial charge in [-0.15, -0.1) is 0 Å². The summed E-state index contributed by atoms with van der Waals surface area (Å²) in [6, 6.07) is 68.2. The lowest BCUT2D eigenvalue weighted by atomic mass is 9.27. The van der Waals surface area contributed by atoms with Crippen LogP contribution in [0.1, 0.15) is 0 Å². The van der Waals surface area contributed by atoms with Crippen LogP contribution in [-0.2, 0) is 0 Å². The fourth-order valence-corrected chi connectivity index (χ4v) is 10.8. The zero-order valence-electron chi connectivity index (χ0n) is 29.4.